The molecule has 3 rings (SSSR count). The minimum atomic E-state index is 0.314. The average molecular weight is 301 g/mol. The van der Waals surface area contributed by atoms with Gasteiger partial charge in [0.05, 0.1) is 11.7 Å². The van der Waals surface area contributed by atoms with Gasteiger partial charge in [0, 0.05) is 4.83 Å². The maximum Gasteiger partial charge on any atom is 0.0687 e. The van der Waals surface area contributed by atoms with Crippen LogP contribution < -0.4 is 0 Å². The Morgan fingerprint density at radius 1 is 1.12 bits per heavy atom. The monoisotopic (exact) mass is 300 g/mol. The van der Waals surface area contributed by atoms with Crippen molar-refractivity contribution >= 4 is 15.9 Å². The number of halogens is 1. The molecule has 1 aliphatic heterocycles. The van der Waals surface area contributed by atoms with E-state index in [9.17, 15) is 0 Å². The van der Waals surface area contributed by atoms with Crippen molar-refractivity contribution in [1.82, 2.24) is 0 Å². The summed E-state index contributed by atoms with van der Waals surface area (Å²) >= 11 is 3.80. The van der Waals surface area contributed by atoms with E-state index in [0.717, 1.165) is 0 Å². The van der Waals surface area contributed by atoms with Gasteiger partial charge in [-0.15, -0.1) is 0 Å². The van der Waals surface area contributed by atoms with Gasteiger partial charge in [-0.2, -0.15) is 0 Å². The van der Waals surface area contributed by atoms with Crippen LogP contribution in [0.1, 0.15) is 71.1 Å². The first-order chi connectivity index (χ1) is 8.14. The summed E-state index contributed by atoms with van der Waals surface area (Å²) in [6.07, 6.45) is 14.2. The molecule has 2 unspecified atom stereocenters. The van der Waals surface area contributed by atoms with Gasteiger partial charge in [-0.05, 0) is 50.4 Å². The van der Waals surface area contributed by atoms with Crippen molar-refractivity contribution in [3.63, 3.8) is 0 Å². The second-order valence-corrected chi connectivity index (χ2v) is 8.08. The Kier molecular flexibility index (Phi) is 3.32. The van der Waals surface area contributed by atoms with Crippen molar-refractivity contribution in [3.8, 4) is 0 Å². The fraction of sp³-hybridized carbons (Fsp3) is 1.00. The van der Waals surface area contributed by atoms with E-state index in [4.69, 9.17) is 4.74 Å². The van der Waals surface area contributed by atoms with Crippen LogP contribution in [0.4, 0.5) is 0 Å². The van der Waals surface area contributed by atoms with Crippen molar-refractivity contribution in [2.24, 2.45) is 5.41 Å². The van der Waals surface area contributed by atoms with Gasteiger partial charge in [0.1, 0.15) is 0 Å². The molecule has 17 heavy (non-hydrogen) atoms. The Labute approximate surface area is 114 Å². The van der Waals surface area contributed by atoms with Crippen LogP contribution >= 0.6 is 15.9 Å². The lowest BCUT2D eigenvalue weighted by Gasteiger charge is -2.34. The highest BCUT2D eigenvalue weighted by Crippen LogP contribution is 2.57. The smallest absolute Gasteiger partial charge is 0.0687 e. The van der Waals surface area contributed by atoms with Gasteiger partial charge >= 0.3 is 0 Å². The standard InChI is InChI=1S/C15H25BrO/c1-12(16)14(9-10-14)11-13-5-8-15(17-13)6-3-2-4-7-15/h12-13H,2-11H2,1H3. The molecule has 2 atom stereocenters. The van der Waals surface area contributed by atoms with Crippen molar-refractivity contribution in [2.45, 2.75) is 87.7 Å². The van der Waals surface area contributed by atoms with E-state index in [-0.39, 0.29) is 0 Å². The van der Waals surface area contributed by atoms with Crippen LogP contribution in [0.5, 0.6) is 0 Å². The van der Waals surface area contributed by atoms with E-state index < -0.39 is 0 Å². The average Bonchev–Trinajstić information content (AvgIpc) is 3.00. The lowest BCUT2D eigenvalue weighted by Crippen LogP contribution is -2.32. The summed E-state index contributed by atoms with van der Waals surface area (Å²) in [5.74, 6) is 0. The Morgan fingerprint density at radius 3 is 2.41 bits per heavy atom. The van der Waals surface area contributed by atoms with Gasteiger partial charge < -0.3 is 4.74 Å². The van der Waals surface area contributed by atoms with Crippen LogP contribution in [0.2, 0.25) is 0 Å². The fourth-order valence-corrected chi connectivity index (χ4v) is 4.63. The molecule has 1 nitrogen and oxygen atoms in total. The van der Waals surface area contributed by atoms with Gasteiger partial charge in [-0.1, -0.05) is 42.1 Å². The van der Waals surface area contributed by atoms with Gasteiger partial charge in [-0.3, -0.25) is 0 Å². The summed E-state index contributed by atoms with van der Waals surface area (Å²) in [6.45, 7) is 2.32. The van der Waals surface area contributed by atoms with E-state index >= 15 is 0 Å². The van der Waals surface area contributed by atoms with E-state index in [1.54, 1.807) is 0 Å². The Morgan fingerprint density at radius 2 is 1.82 bits per heavy atom. The highest BCUT2D eigenvalue weighted by Gasteiger charge is 2.50. The Balaban J connectivity index is 1.57. The van der Waals surface area contributed by atoms with Crippen LogP contribution in [0.3, 0.4) is 0 Å². The van der Waals surface area contributed by atoms with Gasteiger partial charge in [0.2, 0.25) is 0 Å². The quantitative estimate of drug-likeness (QED) is 0.679. The first-order valence-corrected chi connectivity index (χ1v) is 8.38. The van der Waals surface area contributed by atoms with Gasteiger partial charge in [-0.25, -0.2) is 0 Å². The number of alkyl halides is 1. The number of rotatable bonds is 3. The predicted molar refractivity (Wildman–Crippen MR) is 74.6 cm³/mol. The van der Waals surface area contributed by atoms with Crippen LogP contribution in [-0.2, 0) is 4.74 Å². The minimum absolute atomic E-state index is 0.314. The van der Waals surface area contributed by atoms with Crippen molar-refractivity contribution < 1.29 is 4.74 Å². The van der Waals surface area contributed by atoms with E-state index in [2.05, 4.69) is 22.9 Å². The third-order valence-electron chi connectivity index (χ3n) is 5.47. The summed E-state index contributed by atoms with van der Waals surface area (Å²) in [5, 5.41) is 0. The highest BCUT2D eigenvalue weighted by atomic mass is 79.9. The van der Waals surface area contributed by atoms with E-state index in [1.807, 2.05) is 0 Å². The molecule has 2 heteroatoms. The van der Waals surface area contributed by atoms with Crippen molar-refractivity contribution in [2.75, 3.05) is 0 Å². The lowest BCUT2D eigenvalue weighted by molar-refractivity contribution is -0.0709. The normalized spacial score (nSPS) is 36.0. The fourth-order valence-electron chi connectivity index (χ4n) is 3.98. The molecule has 0 aromatic carbocycles. The van der Waals surface area contributed by atoms with Crippen LogP contribution in [-0.4, -0.2) is 16.5 Å². The predicted octanol–water partition coefficient (Wildman–Crippen LogP) is 4.82. The molecule has 0 amide bonds. The van der Waals surface area contributed by atoms with Crippen LogP contribution in [0, 0.1) is 5.41 Å². The van der Waals surface area contributed by atoms with Crippen LogP contribution in [0.15, 0.2) is 0 Å². The van der Waals surface area contributed by atoms with Crippen molar-refractivity contribution in [1.29, 1.82) is 0 Å². The molecule has 0 bridgehead atoms. The maximum atomic E-state index is 6.50. The van der Waals surface area contributed by atoms with Gasteiger partial charge in [0.15, 0.2) is 0 Å². The highest BCUT2D eigenvalue weighted by molar-refractivity contribution is 9.09. The zero-order chi connectivity index (χ0) is 11.9. The molecular formula is C15H25BrO. The summed E-state index contributed by atoms with van der Waals surface area (Å²) in [6, 6.07) is 0. The summed E-state index contributed by atoms with van der Waals surface area (Å²) in [5.41, 5.74) is 0.902. The second kappa shape index (κ2) is 4.52. The molecule has 3 aliphatic rings. The molecule has 3 fully saturated rings. The summed E-state index contributed by atoms with van der Waals surface area (Å²) < 4.78 is 6.50. The topological polar surface area (TPSA) is 9.23 Å². The van der Waals surface area contributed by atoms with Crippen LogP contribution in [0.25, 0.3) is 0 Å². The van der Waals surface area contributed by atoms with Gasteiger partial charge in [0.25, 0.3) is 0 Å². The SMILES string of the molecule is CC(Br)C1(CC2CCC3(CCCCC3)O2)CC1. The first-order valence-electron chi connectivity index (χ1n) is 7.46. The summed E-state index contributed by atoms with van der Waals surface area (Å²) in [7, 11) is 0. The molecule has 1 heterocycles. The Bertz CT molecular complexity index is 277. The molecule has 1 saturated heterocycles. The first kappa shape index (κ1) is 12.5. The molecule has 0 N–H and O–H groups in total. The third-order valence-corrected chi connectivity index (χ3v) is 6.44. The molecule has 1 spiro atoms. The second-order valence-electron chi connectivity index (χ2n) is 6.70. The largest absolute Gasteiger partial charge is 0.372 e. The van der Waals surface area contributed by atoms with E-state index in [0.29, 0.717) is 21.9 Å². The zero-order valence-corrected chi connectivity index (χ0v) is 12.6. The van der Waals surface area contributed by atoms with E-state index in [1.165, 1.54) is 64.2 Å². The number of hydrogen-bond donors (Lipinski definition) is 0. The molecule has 0 aromatic rings. The molecule has 0 radical (unpaired) electrons. The third kappa shape index (κ3) is 2.45. The maximum absolute atomic E-state index is 6.50. The van der Waals surface area contributed by atoms with Crippen molar-refractivity contribution in [3.05, 3.63) is 0 Å². The lowest BCUT2D eigenvalue weighted by atomic mass is 9.83. The minimum Gasteiger partial charge on any atom is -0.372 e. The number of hydrogen-bond acceptors (Lipinski definition) is 1. The number of ether oxygens (including phenoxy) is 1. The zero-order valence-electron chi connectivity index (χ0n) is 11.0. The molecule has 2 saturated carbocycles. The molecule has 0 aromatic heterocycles. The molecule has 98 valence electrons. The molecule has 2 aliphatic carbocycles. The molecular weight excluding hydrogens is 276 g/mol. The Hall–Kier alpha value is 0.440. The summed E-state index contributed by atoms with van der Waals surface area (Å²) in [4.78, 5) is 0.668.